The van der Waals surface area contributed by atoms with Crippen molar-refractivity contribution in [2.45, 2.75) is 39.0 Å². The van der Waals surface area contributed by atoms with Crippen LogP contribution < -0.4 is 11.1 Å². The smallest absolute Gasteiger partial charge is 0.219 e. The lowest BCUT2D eigenvalue weighted by atomic mass is 10.2. The van der Waals surface area contributed by atoms with Gasteiger partial charge in [0.2, 0.25) is 5.91 Å². The quantitative estimate of drug-likeness (QED) is 0.564. The van der Waals surface area contributed by atoms with Gasteiger partial charge in [-0.1, -0.05) is 19.8 Å². The van der Waals surface area contributed by atoms with E-state index in [0.29, 0.717) is 13.0 Å². The minimum Gasteiger partial charge on any atom is -0.356 e. The van der Waals surface area contributed by atoms with Crippen molar-refractivity contribution in [2.75, 3.05) is 13.1 Å². The first kappa shape index (κ1) is 11.4. The Bertz CT molecular complexity index is 103. The van der Waals surface area contributed by atoms with Gasteiger partial charge in [-0.25, -0.2) is 0 Å². The standard InChI is InChI=1S/C9H20N2O/c1-2-3-4-6-9(12)11-8-5-7-10/h2-8,10H2,1H3,(H,11,12). The van der Waals surface area contributed by atoms with E-state index in [-0.39, 0.29) is 5.91 Å². The molecule has 0 fully saturated rings. The van der Waals surface area contributed by atoms with Crippen molar-refractivity contribution in [1.82, 2.24) is 5.32 Å². The predicted octanol–water partition coefficient (Wildman–Crippen LogP) is 1.03. The van der Waals surface area contributed by atoms with Gasteiger partial charge in [-0.05, 0) is 19.4 Å². The molecule has 0 radical (unpaired) electrons. The van der Waals surface area contributed by atoms with Gasteiger partial charge in [0.25, 0.3) is 0 Å². The highest BCUT2D eigenvalue weighted by Gasteiger charge is 1.98. The summed E-state index contributed by atoms with van der Waals surface area (Å²) in [6, 6.07) is 0. The highest BCUT2D eigenvalue weighted by Crippen LogP contribution is 1.97. The molecule has 0 aliphatic heterocycles. The van der Waals surface area contributed by atoms with Crippen molar-refractivity contribution in [2.24, 2.45) is 5.73 Å². The van der Waals surface area contributed by atoms with Crippen molar-refractivity contribution in [1.29, 1.82) is 0 Å². The molecular formula is C9H20N2O. The second kappa shape index (κ2) is 8.53. The summed E-state index contributed by atoms with van der Waals surface area (Å²) in [5, 5.41) is 2.82. The first-order valence-electron chi connectivity index (χ1n) is 4.78. The van der Waals surface area contributed by atoms with Crippen LogP contribution in [-0.4, -0.2) is 19.0 Å². The largest absolute Gasteiger partial charge is 0.356 e. The summed E-state index contributed by atoms with van der Waals surface area (Å²) in [7, 11) is 0. The lowest BCUT2D eigenvalue weighted by Gasteiger charge is -2.02. The maximum absolute atomic E-state index is 11.0. The number of nitrogens with one attached hydrogen (secondary N) is 1. The van der Waals surface area contributed by atoms with Gasteiger partial charge in [0.1, 0.15) is 0 Å². The number of unbranched alkanes of at least 4 members (excludes halogenated alkanes) is 2. The molecule has 0 rings (SSSR count). The molecule has 0 saturated heterocycles. The Hall–Kier alpha value is -0.570. The van der Waals surface area contributed by atoms with Crippen LogP contribution in [0.5, 0.6) is 0 Å². The highest BCUT2D eigenvalue weighted by atomic mass is 16.1. The summed E-state index contributed by atoms with van der Waals surface area (Å²) >= 11 is 0. The Morgan fingerprint density at radius 2 is 2.08 bits per heavy atom. The van der Waals surface area contributed by atoms with Crippen LogP contribution in [0.25, 0.3) is 0 Å². The third kappa shape index (κ3) is 7.54. The molecule has 0 saturated carbocycles. The molecule has 12 heavy (non-hydrogen) atoms. The Morgan fingerprint density at radius 3 is 2.67 bits per heavy atom. The summed E-state index contributed by atoms with van der Waals surface area (Å²) in [4.78, 5) is 11.0. The van der Waals surface area contributed by atoms with Gasteiger partial charge in [0.05, 0.1) is 0 Å². The molecule has 72 valence electrons. The normalized spacial score (nSPS) is 9.83. The molecule has 1 amide bonds. The SMILES string of the molecule is CCCCCC(=O)NCCCN. The third-order valence-corrected chi connectivity index (χ3v) is 1.71. The lowest BCUT2D eigenvalue weighted by Crippen LogP contribution is -2.25. The van der Waals surface area contributed by atoms with Crippen molar-refractivity contribution in [3.05, 3.63) is 0 Å². The zero-order chi connectivity index (χ0) is 9.23. The van der Waals surface area contributed by atoms with Crippen LogP contribution in [0.2, 0.25) is 0 Å². The van der Waals surface area contributed by atoms with Gasteiger partial charge >= 0.3 is 0 Å². The molecular weight excluding hydrogens is 152 g/mol. The zero-order valence-corrected chi connectivity index (χ0v) is 7.94. The molecule has 0 heterocycles. The van der Waals surface area contributed by atoms with Crippen LogP contribution >= 0.6 is 0 Å². The number of hydrogen-bond acceptors (Lipinski definition) is 2. The minimum atomic E-state index is 0.164. The van der Waals surface area contributed by atoms with Crippen molar-refractivity contribution >= 4 is 5.91 Å². The second-order valence-corrected chi connectivity index (χ2v) is 2.95. The van der Waals surface area contributed by atoms with Gasteiger partial charge in [0, 0.05) is 13.0 Å². The number of amides is 1. The average molecular weight is 172 g/mol. The average Bonchev–Trinajstić information content (AvgIpc) is 2.06. The molecule has 3 nitrogen and oxygen atoms in total. The van der Waals surface area contributed by atoms with E-state index < -0.39 is 0 Å². The molecule has 0 aliphatic rings. The number of hydrogen-bond donors (Lipinski definition) is 2. The molecule has 3 heteroatoms. The second-order valence-electron chi connectivity index (χ2n) is 2.95. The van der Waals surface area contributed by atoms with E-state index in [0.717, 1.165) is 32.2 Å². The summed E-state index contributed by atoms with van der Waals surface area (Å²) in [5.41, 5.74) is 5.29. The minimum absolute atomic E-state index is 0.164. The molecule has 0 unspecified atom stereocenters. The monoisotopic (exact) mass is 172 g/mol. The van der Waals surface area contributed by atoms with Crippen molar-refractivity contribution in [3.8, 4) is 0 Å². The predicted molar refractivity (Wildman–Crippen MR) is 50.8 cm³/mol. The van der Waals surface area contributed by atoms with E-state index in [9.17, 15) is 4.79 Å². The van der Waals surface area contributed by atoms with E-state index >= 15 is 0 Å². The Labute approximate surface area is 74.7 Å². The molecule has 0 atom stereocenters. The van der Waals surface area contributed by atoms with E-state index in [1.54, 1.807) is 0 Å². The fourth-order valence-electron chi connectivity index (χ4n) is 0.954. The first-order chi connectivity index (χ1) is 5.81. The molecule has 0 aliphatic carbocycles. The summed E-state index contributed by atoms with van der Waals surface area (Å²) in [6.45, 7) is 3.50. The summed E-state index contributed by atoms with van der Waals surface area (Å²) in [5.74, 6) is 0.164. The van der Waals surface area contributed by atoms with Gasteiger partial charge in [-0.2, -0.15) is 0 Å². The number of carbonyl (C=O) groups is 1. The highest BCUT2D eigenvalue weighted by molar-refractivity contribution is 5.75. The Kier molecular flexibility index (Phi) is 8.12. The number of carbonyl (C=O) groups excluding carboxylic acids is 1. The maximum Gasteiger partial charge on any atom is 0.219 e. The summed E-state index contributed by atoms with van der Waals surface area (Å²) in [6.07, 6.45) is 4.85. The molecule has 0 aromatic rings. The number of nitrogens with two attached hydrogens (primary N) is 1. The van der Waals surface area contributed by atoms with Crippen LogP contribution in [0.15, 0.2) is 0 Å². The molecule has 0 aromatic heterocycles. The lowest BCUT2D eigenvalue weighted by molar-refractivity contribution is -0.121. The van der Waals surface area contributed by atoms with Crippen molar-refractivity contribution < 1.29 is 4.79 Å². The maximum atomic E-state index is 11.0. The van der Waals surface area contributed by atoms with Crippen LogP contribution in [0.3, 0.4) is 0 Å². The van der Waals surface area contributed by atoms with Gasteiger partial charge < -0.3 is 11.1 Å². The Balaban J connectivity index is 3.10. The van der Waals surface area contributed by atoms with Crippen LogP contribution in [0, 0.1) is 0 Å². The van der Waals surface area contributed by atoms with Crippen LogP contribution in [-0.2, 0) is 4.79 Å². The van der Waals surface area contributed by atoms with Gasteiger partial charge in [0.15, 0.2) is 0 Å². The van der Waals surface area contributed by atoms with Crippen molar-refractivity contribution in [3.63, 3.8) is 0 Å². The van der Waals surface area contributed by atoms with E-state index in [2.05, 4.69) is 12.2 Å². The molecule has 0 bridgehead atoms. The van der Waals surface area contributed by atoms with Gasteiger partial charge in [-0.15, -0.1) is 0 Å². The van der Waals surface area contributed by atoms with E-state index in [4.69, 9.17) is 5.73 Å². The number of rotatable bonds is 7. The fourth-order valence-corrected chi connectivity index (χ4v) is 0.954. The topological polar surface area (TPSA) is 55.1 Å². The summed E-state index contributed by atoms with van der Waals surface area (Å²) < 4.78 is 0. The van der Waals surface area contributed by atoms with Crippen LogP contribution in [0.1, 0.15) is 39.0 Å². The first-order valence-corrected chi connectivity index (χ1v) is 4.78. The molecule has 0 spiro atoms. The molecule has 0 aromatic carbocycles. The zero-order valence-electron chi connectivity index (χ0n) is 7.94. The van der Waals surface area contributed by atoms with Crippen LogP contribution in [0.4, 0.5) is 0 Å². The molecule has 3 N–H and O–H groups in total. The fraction of sp³-hybridized carbons (Fsp3) is 0.889. The Morgan fingerprint density at radius 1 is 1.33 bits per heavy atom. The van der Waals surface area contributed by atoms with E-state index in [1.165, 1.54) is 0 Å². The van der Waals surface area contributed by atoms with Gasteiger partial charge in [-0.3, -0.25) is 4.79 Å². The third-order valence-electron chi connectivity index (χ3n) is 1.71. The van der Waals surface area contributed by atoms with E-state index in [1.807, 2.05) is 0 Å².